The molecule has 0 aromatic carbocycles. The van der Waals surface area contributed by atoms with Gasteiger partial charge in [-0.25, -0.2) is 9.78 Å². The predicted molar refractivity (Wildman–Crippen MR) is 98.0 cm³/mol. The van der Waals surface area contributed by atoms with E-state index in [2.05, 4.69) is 9.98 Å². The molecule has 2 heterocycles. The summed E-state index contributed by atoms with van der Waals surface area (Å²) in [4.78, 5) is 23.3. The van der Waals surface area contributed by atoms with E-state index in [0.29, 0.717) is 5.82 Å². The van der Waals surface area contributed by atoms with E-state index in [4.69, 9.17) is 4.74 Å². The number of carbonyl (C=O) groups excluding carboxylic acids is 1. The Morgan fingerprint density at radius 2 is 2.08 bits per heavy atom. The predicted octanol–water partition coefficient (Wildman–Crippen LogP) is 4.59. The first-order valence-corrected chi connectivity index (χ1v) is 8.84. The highest BCUT2D eigenvalue weighted by Gasteiger charge is 2.27. The molecule has 2 rings (SSSR count). The van der Waals surface area contributed by atoms with Crippen molar-refractivity contribution in [2.24, 2.45) is 4.99 Å². The van der Waals surface area contributed by atoms with Crippen molar-refractivity contribution in [1.82, 2.24) is 4.98 Å². The summed E-state index contributed by atoms with van der Waals surface area (Å²) in [5, 5.41) is 0. The molecule has 1 atom stereocenters. The quantitative estimate of drug-likeness (QED) is 0.810. The van der Waals surface area contributed by atoms with Gasteiger partial charge in [0.2, 0.25) is 0 Å². The SMILES string of the molecule is CC[C@@H](C)N(C(=O)OC(C)(C)C)c1ccc(C2=NCCCC2)cn1. The zero-order chi connectivity index (χ0) is 17.7. The highest BCUT2D eigenvalue weighted by Crippen LogP contribution is 2.21. The van der Waals surface area contributed by atoms with Gasteiger partial charge in [0.25, 0.3) is 0 Å². The summed E-state index contributed by atoms with van der Waals surface area (Å²) >= 11 is 0. The summed E-state index contributed by atoms with van der Waals surface area (Å²) < 4.78 is 5.55. The van der Waals surface area contributed by atoms with Crippen molar-refractivity contribution >= 4 is 17.6 Å². The molecular formula is C19H29N3O2. The molecule has 0 radical (unpaired) electrons. The van der Waals surface area contributed by atoms with Gasteiger partial charge in [0.05, 0.1) is 0 Å². The Labute approximate surface area is 145 Å². The summed E-state index contributed by atoms with van der Waals surface area (Å²) in [5.74, 6) is 0.624. The maximum Gasteiger partial charge on any atom is 0.416 e. The van der Waals surface area contributed by atoms with E-state index in [9.17, 15) is 4.79 Å². The van der Waals surface area contributed by atoms with E-state index in [1.54, 1.807) is 4.90 Å². The van der Waals surface area contributed by atoms with E-state index < -0.39 is 5.60 Å². The normalized spacial score (nSPS) is 16.3. The van der Waals surface area contributed by atoms with Crippen molar-refractivity contribution in [2.45, 2.75) is 71.9 Å². The number of nitrogens with zero attached hydrogens (tertiary/aromatic N) is 3. The number of aromatic nitrogens is 1. The van der Waals surface area contributed by atoms with Gasteiger partial charge in [-0.15, -0.1) is 0 Å². The first kappa shape index (κ1) is 18.4. The van der Waals surface area contributed by atoms with Crippen LogP contribution in [-0.4, -0.2) is 35.0 Å². The Kier molecular flexibility index (Phi) is 5.97. The first-order valence-electron chi connectivity index (χ1n) is 8.84. The number of rotatable bonds is 4. The van der Waals surface area contributed by atoms with Gasteiger partial charge in [-0.05, 0) is 65.5 Å². The van der Waals surface area contributed by atoms with Gasteiger partial charge in [-0.2, -0.15) is 0 Å². The molecule has 0 unspecified atom stereocenters. The lowest BCUT2D eigenvalue weighted by atomic mass is 10.0. The molecule has 0 spiro atoms. The number of aliphatic imine (C=N–C) groups is 1. The number of amides is 1. The van der Waals surface area contributed by atoms with Gasteiger partial charge in [-0.1, -0.05) is 6.92 Å². The summed E-state index contributed by atoms with van der Waals surface area (Å²) in [5.41, 5.74) is 1.64. The molecule has 0 saturated heterocycles. The average Bonchev–Trinajstić information content (AvgIpc) is 2.54. The third kappa shape index (κ3) is 4.79. The zero-order valence-electron chi connectivity index (χ0n) is 15.5. The van der Waals surface area contributed by atoms with E-state index in [-0.39, 0.29) is 12.1 Å². The number of carbonyl (C=O) groups is 1. The molecule has 1 amide bonds. The minimum Gasteiger partial charge on any atom is -0.443 e. The van der Waals surface area contributed by atoms with Crippen LogP contribution < -0.4 is 4.90 Å². The van der Waals surface area contributed by atoms with E-state index >= 15 is 0 Å². The van der Waals surface area contributed by atoms with Crippen LogP contribution in [0.1, 0.15) is 65.9 Å². The van der Waals surface area contributed by atoms with Crippen molar-refractivity contribution in [3.05, 3.63) is 23.9 Å². The van der Waals surface area contributed by atoms with Gasteiger partial charge >= 0.3 is 6.09 Å². The molecule has 5 heteroatoms. The second-order valence-electron chi connectivity index (χ2n) is 7.30. The van der Waals surface area contributed by atoms with Crippen molar-refractivity contribution in [1.29, 1.82) is 0 Å². The number of hydrogen-bond acceptors (Lipinski definition) is 4. The Balaban J connectivity index is 2.23. The molecule has 1 aromatic heterocycles. The van der Waals surface area contributed by atoms with Gasteiger partial charge in [-0.3, -0.25) is 9.89 Å². The number of anilines is 1. The molecule has 0 bridgehead atoms. The highest BCUT2D eigenvalue weighted by molar-refractivity contribution is 6.01. The molecule has 132 valence electrons. The topological polar surface area (TPSA) is 54.8 Å². The Bertz CT molecular complexity index is 588. The minimum absolute atomic E-state index is 0.0187. The summed E-state index contributed by atoms with van der Waals surface area (Å²) in [6.07, 6.45) is 5.64. The maximum absolute atomic E-state index is 12.6. The molecule has 0 fully saturated rings. The Hall–Kier alpha value is -1.91. The number of ether oxygens (including phenoxy) is 1. The standard InChI is InChI=1S/C19H29N3O2/c1-6-14(2)22(18(23)24-19(3,4)5)17-11-10-15(13-21-17)16-9-7-8-12-20-16/h10-11,13-14H,6-9,12H2,1-5H3/t14-/m1/s1. The molecular weight excluding hydrogens is 302 g/mol. The van der Waals surface area contributed by atoms with Crippen LogP contribution in [-0.2, 0) is 4.74 Å². The van der Waals surface area contributed by atoms with Gasteiger partial charge in [0.15, 0.2) is 0 Å². The maximum atomic E-state index is 12.6. The Morgan fingerprint density at radius 1 is 1.33 bits per heavy atom. The van der Waals surface area contributed by atoms with Gasteiger partial charge in [0, 0.05) is 30.1 Å². The molecule has 1 aliphatic heterocycles. The highest BCUT2D eigenvalue weighted by atomic mass is 16.6. The first-order chi connectivity index (χ1) is 11.3. The lowest BCUT2D eigenvalue weighted by Crippen LogP contribution is -2.42. The second-order valence-corrected chi connectivity index (χ2v) is 7.30. The van der Waals surface area contributed by atoms with Gasteiger partial charge < -0.3 is 4.74 Å². The number of pyridine rings is 1. The van der Waals surface area contributed by atoms with Crippen LogP contribution >= 0.6 is 0 Å². The van der Waals surface area contributed by atoms with Crippen molar-refractivity contribution in [3.63, 3.8) is 0 Å². The van der Waals surface area contributed by atoms with E-state index in [1.165, 1.54) is 6.42 Å². The largest absolute Gasteiger partial charge is 0.443 e. The van der Waals surface area contributed by atoms with Crippen LogP contribution in [0.3, 0.4) is 0 Å². The second kappa shape index (κ2) is 7.77. The van der Waals surface area contributed by atoms with E-state index in [0.717, 1.165) is 37.1 Å². The molecule has 0 saturated carbocycles. The molecule has 24 heavy (non-hydrogen) atoms. The smallest absolute Gasteiger partial charge is 0.416 e. The summed E-state index contributed by atoms with van der Waals surface area (Å²) in [7, 11) is 0. The Morgan fingerprint density at radius 3 is 2.58 bits per heavy atom. The van der Waals surface area contributed by atoms with Crippen molar-refractivity contribution in [2.75, 3.05) is 11.4 Å². The summed E-state index contributed by atoms with van der Waals surface area (Å²) in [6.45, 7) is 10.6. The third-order valence-corrected chi connectivity index (χ3v) is 4.07. The van der Waals surface area contributed by atoms with Crippen LogP contribution in [0.15, 0.2) is 23.3 Å². The lowest BCUT2D eigenvalue weighted by molar-refractivity contribution is 0.0566. The fraction of sp³-hybridized carbons (Fsp3) is 0.632. The summed E-state index contributed by atoms with van der Waals surface area (Å²) in [6, 6.07) is 3.92. The fourth-order valence-electron chi connectivity index (χ4n) is 2.63. The molecule has 1 aromatic rings. The molecule has 5 nitrogen and oxygen atoms in total. The van der Waals surface area contributed by atoms with Crippen molar-refractivity contribution in [3.8, 4) is 0 Å². The number of hydrogen-bond donors (Lipinski definition) is 0. The monoisotopic (exact) mass is 331 g/mol. The van der Waals surface area contributed by atoms with Crippen LogP contribution in [0, 0.1) is 0 Å². The third-order valence-electron chi connectivity index (χ3n) is 4.07. The average molecular weight is 331 g/mol. The molecule has 0 N–H and O–H groups in total. The zero-order valence-corrected chi connectivity index (χ0v) is 15.5. The van der Waals surface area contributed by atoms with Crippen LogP contribution in [0.2, 0.25) is 0 Å². The van der Waals surface area contributed by atoms with Gasteiger partial charge in [0.1, 0.15) is 11.4 Å². The fourth-order valence-corrected chi connectivity index (χ4v) is 2.63. The van der Waals surface area contributed by atoms with Crippen LogP contribution in [0.25, 0.3) is 0 Å². The molecule has 1 aliphatic rings. The molecule has 0 aliphatic carbocycles. The van der Waals surface area contributed by atoms with Crippen LogP contribution in [0.4, 0.5) is 10.6 Å². The van der Waals surface area contributed by atoms with Crippen LogP contribution in [0.5, 0.6) is 0 Å². The minimum atomic E-state index is -0.528. The van der Waals surface area contributed by atoms with Crippen molar-refractivity contribution < 1.29 is 9.53 Å². The van der Waals surface area contributed by atoms with E-state index in [1.807, 2.05) is 52.9 Å². The lowest BCUT2D eigenvalue weighted by Gasteiger charge is -2.30.